The maximum absolute atomic E-state index is 11.4. The molecule has 2 aromatic carbocycles. The van der Waals surface area contributed by atoms with Crippen LogP contribution in [0.2, 0.25) is 0 Å². The van der Waals surface area contributed by atoms with Gasteiger partial charge in [-0.15, -0.1) is 0 Å². The largest absolute Gasteiger partial charge is 0.507 e. The van der Waals surface area contributed by atoms with E-state index in [-0.39, 0.29) is 11.3 Å². The number of aliphatic hydroxyl groups is 1. The molecule has 3 atom stereocenters. The lowest BCUT2D eigenvalue weighted by molar-refractivity contribution is 0.0997. The Bertz CT molecular complexity index is 797. The lowest BCUT2D eigenvalue weighted by Gasteiger charge is -2.37. The molecular weight excluding hydrogens is 354 g/mol. The Kier molecular flexibility index (Phi) is 6.54. The van der Waals surface area contributed by atoms with Crippen LogP contribution >= 0.6 is 0 Å². The van der Waals surface area contributed by atoms with Crippen LogP contribution in [0.3, 0.4) is 0 Å². The van der Waals surface area contributed by atoms with Crippen molar-refractivity contribution in [2.45, 2.75) is 43.9 Å². The number of benzene rings is 2. The molecule has 0 saturated heterocycles. The molecule has 2 aromatic rings. The minimum Gasteiger partial charge on any atom is -0.507 e. The second-order valence-corrected chi connectivity index (χ2v) is 7.53. The number of para-hydroxylation sites is 1. The van der Waals surface area contributed by atoms with E-state index >= 15 is 0 Å². The van der Waals surface area contributed by atoms with Crippen LogP contribution in [0.25, 0.3) is 0 Å². The average Bonchev–Trinajstić information content (AvgIpc) is 2.72. The molecule has 150 valence electrons. The van der Waals surface area contributed by atoms with E-state index in [4.69, 9.17) is 5.73 Å². The SMILES string of the molecule is CN(c1ccccc1)C1CCCC(NCC(O)c2ccc(O)c(C(N)=O)c2)C1. The Balaban J connectivity index is 1.57. The molecule has 0 bridgehead atoms. The highest BCUT2D eigenvalue weighted by Crippen LogP contribution is 2.27. The summed E-state index contributed by atoms with van der Waals surface area (Å²) in [5.74, 6) is -0.880. The van der Waals surface area contributed by atoms with E-state index in [1.54, 1.807) is 6.07 Å². The van der Waals surface area contributed by atoms with E-state index in [0.29, 0.717) is 24.2 Å². The Labute approximate surface area is 166 Å². The predicted octanol–water partition coefficient (Wildman–Crippen LogP) is 2.56. The Morgan fingerprint density at radius 2 is 2.00 bits per heavy atom. The molecule has 28 heavy (non-hydrogen) atoms. The number of aromatic hydroxyl groups is 1. The third kappa shape index (κ3) is 4.82. The van der Waals surface area contributed by atoms with Crippen molar-refractivity contribution in [2.75, 3.05) is 18.5 Å². The minimum atomic E-state index is -0.772. The molecular formula is C22H29N3O3. The van der Waals surface area contributed by atoms with Crippen molar-refractivity contribution in [3.05, 3.63) is 59.7 Å². The van der Waals surface area contributed by atoms with Crippen LogP contribution in [0.5, 0.6) is 5.75 Å². The number of amides is 1. The van der Waals surface area contributed by atoms with Gasteiger partial charge in [0.2, 0.25) is 0 Å². The van der Waals surface area contributed by atoms with E-state index in [9.17, 15) is 15.0 Å². The predicted molar refractivity (Wildman–Crippen MR) is 110 cm³/mol. The fourth-order valence-corrected chi connectivity index (χ4v) is 3.93. The third-order valence-corrected chi connectivity index (χ3v) is 5.63. The fraction of sp³-hybridized carbons (Fsp3) is 0.409. The molecule has 1 fully saturated rings. The van der Waals surface area contributed by atoms with E-state index in [1.165, 1.54) is 17.8 Å². The number of phenols is 1. The normalized spacial score (nSPS) is 20.5. The first-order valence-corrected chi connectivity index (χ1v) is 9.77. The molecule has 1 aliphatic rings. The molecule has 0 radical (unpaired) electrons. The van der Waals surface area contributed by atoms with Gasteiger partial charge in [0.05, 0.1) is 11.7 Å². The van der Waals surface area contributed by atoms with Crippen LogP contribution in [0.15, 0.2) is 48.5 Å². The molecule has 3 rings (SSSR count). The first-order valence-electron chi connectivity index (χ1n) is 9.77. The first kappa shape index (κ1) is 20.2. The lowest BCUT2D eigenvalue weighted by atomic mass is 9.89. The monoisotopic (exact) mass is 383 g/mol. The van der Waals surface area contributed by atoms with Crippen LogP contribution in [-0.4, -0.2) is 41.8 Å². The van der Waals surface area contributed by atoms with Crippen molar-refractivity contribution in [3.8, 4) is 5.75 Å². The summed E-state index contributed by atoms with van der Waals surface area (Å²) in [4.78, 5) is 13.7. The number of nitrogens with two attached hydrogens (primary N) is 1. The highest BCUT2D eigenvalue weighted by molar-refractivity contribution is 5.95. The van der Waals surface area contributed by atoms with Gasteiger partial charge < -0.3 is 26.2 Å². The molecule has 0 aliphatic heterocycles. The van der Waals surface area contributed by atoms with Crippen LogP contribution in [0.1, 0.15) is 47.7 Å². The number of primary amides is 1. The maximum Gasteiger partial charge on any atom is 0.252 e. The standard InChI is InChI=1S/C22H29N3O3/c1-25(17-7-3-2-4-8-17)18-9-5-6-16(13-18)24-14-21(27)15-10-11-20(26)19(12-15)22(23)28/h2-4,7-8,10-12,16,18,21,24,26-27H,5-6,9,13-14H2,1H3,(H2,23,28). The highest BCUT2D eigenvalue weighted by Gasteiger charge is 2.25. The smallest absolute Gasteiger partial charge is 0.252 e. The van der Waals surface area contributed by atoms with Crippen LogP contribution in [-0.2, 0) is 0 Å². The summed E-state index contributed by atoms with van der Waals surface area (Å²) in [6.07, 6.45) is 3.62. The summed E-state index contributed by atoms with van der Waals surface area (Å²) in [5, 5.41) is 23.7. The summed E-state index contributed by atoms with van der Waals surface area (Å²) in [5.41, 5.74) is 7.07. The minimum absolute atomic E-state index is 0.0266. The van der Waals surface area contributed by atoms with E-state index in [0.717, 1.165) is 25.7 Å². The molecule has 5 N–H and O–H groups in total. The Morgan fingerprint density at radius 3 is 2.71 bits per heavy atom. The number of carbonyl (C=O) groups is 1. The van der Waals surface area contributed by atoms with Crippen molar-refractivity contribution in [3.63, 3.8) is 0 Å². The van der Waals surface area contributed by atoms with Gasteiger partial charge in [0.25, 0.3) is 5.91 Å². The quantitative estimate of drug-likeness (QED) is 0.589. The molecule has 3 unspecified atom stereocenters. The number of hydrogen-bond acceptors (Lipinski definition) is 5. The van der Waals surface area contributed by atoms with Crippen molar-refractivity contribution < 1.29 is 15.0 Å². The number of aliphatic hydroxyl groups excluding tert-OH is 1. The molecule has 1 saturated carbocycles. The first-order chi connectivity index (χ1) is 13.5. The van der Waals surface area contributed by atoms with Gasteiger partial charge >= 0.3 is 0 Å². The van der Waals surface area contributed by atoms with Gasteiger partial charge in [0.1, 0.15) is 5.75 Å². The number of carbonyl (C=O) groups excluding carboxylic acids is 1. The molecule has 1 aliphatic carbocycles. The maximum atomic E-state index is 11.4. The molecule has 6 heteroatoms. The lowest BCUT2D eigenvalue weighted by Crippen LogP contribution is -2.44. The summed E-state index contributed by atoms with van der Waals surface area (Å²) in [6, 6.07) is 15.6. The second-order valence-electron chi connectivity index (χ2n) is 7.53. The topological polar surface area (TPSA) is 98.8 Å². The van der Waals surface area contributed by atoms with Gasteiger partial charge in [-0.25, -0.2) is 0 Å². The zero-order valence-corrected chi connectivity index (χ0v) is 16.2. The van der Waals surface area contributed by atoms with Gasteiger partial charge in [-0.1, -0.05) is 24.3 Å². The summed E-state index contributed by atoms with van der Waals surface area (Å²) in [7, 11) is 2.14. The van der Waals surface area contributed by atoms with Gasteiger partial charge in [0.15, 0.2) is 0 Å². The molecule has 0 heterocycles. The summed E-state index contributed by atoms with van der Waals surface area (Å²) in [6.45, 7) is 0.384. The van der Waals surface area contributed by atoms with Crippen molar-refractivity contribution >= 4 is 11.6 Å². The third-order valence-electron chi connectivity index (χ3n) is 5.63. The zero-order chi connectivity index (χ0) is 20.1. The number of rotatable bonds is 7. The second kappa shape index (κ2) is 9.08. The van der Waals surface area contributed by atoms with Crippen molar-refractivity contribution in [1.82, 2.24) is 5.32 Å². The van der Waals surface area contributed by atoms with Gasteiger partial charge in [-0.2, -0.15) is 0 Å². The van der Waals surface area contributed by atoms with Crippen LogP contribution in [0, 0.1) is 0 Å². The summed E-state index contributed by atoms with van der Waals surface area (Å²) >= 11 is 0. The van der Waals surface area contributed by atoms with E-state index in [2.05, 4.69) is 41.5 Å². The van der Waals surface area contributed by atoms with E-state index < -0.39 is 12.0 Å². The number of hydrogen-bond donors (Lipinski definition) is 4. The fourth-order valence-electron chi connectivity index (χ4n) is 3.93. The summed E-state index contributed by atoms with van der Waals surface area (Å²) < 4.78 is 0. The number of nitrogens with one attached hydrogen (secondary N) is 1. The average molecular weight is 383 g/mol. The molecule has 6 nitrogen and oxygen atoms in total. The van der Waals surface area contributed by atoms with Crippen molar-refractivity contribution in [2.24, 2.45) is 5.73 Å². The van der Waals surface area contributed by atoms with E-state index in [1.807, 2.05) is 6.07 Å². The number of anilines is 1. The van der Waals surface area contributed by atoms with Gasteiger partial charge in [0, 0.05) is 31.4 Å². The molecule has 0 aromatic heterocycles. The molecule has 1 amide bonds. The van der Waals surface area contributed by atoms with Gasteiger partial charge in [-0.3, -0.25) is 4.79 Å². The highest BCUT2D eigenvalue weighted by atomic mass is 16.3. The van der Waals surface area contributed by atoms with Crippen LogP contribution < -0.4 is 16.0 Å². The van der Waals surface area contributed by atoms with Crippen molar-refractivity contribution in [1.29, 1.82) is 0 Å². The van der Waals surface area contributed by atoms with Gasteiger partial charge in [-0.05, 0) is 55.5 Å². The molecule has 0 spiro atoms. The van der Waals surface area contributed by atoms with Crippen LogP contribution in [0.4, 0.5) is 5.69 Å². The Hall–Kier alpha value is -2.57. The Morgan fingerprint density at radius 1 is 1.25 bits per heavy atom. The number of nitrogens with zero attached hydrogens (tertiary/aromatic N) is 1. The zero-order valence-electron chi connectivity index (χ0n) is 16.2.